The van der Waals surface area contributed by atoms with E-state index in [0.717, 1.165) is 18.4 Å². The highest BCUT2D eigenvalue weighted by Gasteiger charge is 2.54. The van der Waals surface area contributed by atoms with Gasteiger partial charge >= 0.3 is 11.9 Å². The molecule has 0 radical (unpaired) electrons. The van der Waals surface area contributed by atoms with Crippen LogP contribution in [0.2, 0.25) is 0 Å². The Balaban J connectivity index is 1.39. The number of benzene rings is 3. The van der Waals surface area contributed by atoms with Crippen LogP contribution in [0.25, 0.3) is 0 Å². The lowest BCUT2D eigenvalue weighted by atomic mass is 9.60. The van der Waals surface area contributed by atoms with Gasteiger partial charge in [-0.2, -0.15) is 0 Å². The summed E-state index contributed by atoms with van der Waals surface area (Å²) in [6.45, 7) is 0. The molecule has 5 atom stereocenters. The number of esters is 2. The van der Waals surface area contributed by atoms with E-state index in [1.165, 1.54) is 0 Å². The van der Waals surface area contributed by atoms with E-state index < -0.39 is 24.1 Å². The summed E-state index contributed by atoms with van der Waals surface area (Å²) in [5, 5.41) is 0. The van der Waals surface area contributed by atoms with E-state index in [1.807, 2.05) is 42.5 Å². The fourth-order valence-electron chi connectivity index (χ4n) is 5.58. The second-order valence-corrected chi connectivity index (χ2v) is 9.44. The summed E-state index contributed by atoms with van der Waals surface area (Å²) < 4.78 is 12.0. The van der Waals surface area contributed by atoms with E-state index in [2.05, 4.69) is 0 Å². The van der Waals surface area contributed by atoms with Crippen molar-refractivity contribution in [1.82, 2.24) is 0 Å². The van der Waals surface area contributed by atoms with Gasteiger partial charge in [0.15, 0.2) is 0 Å². The third-order valence-corrected chi connectivity index (χ3v) is 7.29. The van der Waals surface area contributed by atoms with Crippen molar-refractivity contribution in [3.8, 4) is 0 Å². The minimum atomic E-state index is -0.660. The molecule has 2 bridgehead atoms. The molecule has 0 saturated heterocycles. The van der Waals surface area contributed by atoms with Crippen LogP contribution in [-0.2, 0) is 20.7 Å². The first-order valence-electron chi connectivity index (χ1n) is 12.2. The van der Waals surface area contributed by atoms with Gasteiger partial charge in [-0.25, -0.2) is 9.59 Å². The van der Waals surface area contributed by atoms with Crippen molar-refractivity contribution in [2.45, 2.75) is 37.9 Å². The summed E-state index contributed by atoms with van der Waals surface area (Å²) in [7, 11) is 0. The van der Waals surface area contributed by atoms with Crippen LogP contribution in [0.5, 0.6) is 0 Å². The lowest BCUT2D eigenvalue weighted by Gasteiger charge is -2.50. The molecular formula is C30H28O5. The Labute approximate surface area is 205 Å². The van der Waals surface area contributed by atoms with Crippen molar-refractivity contribution in [3.05, 3.63) is 108 Å². The van der Waals surface area contributed by atoms with Gasteiger partial charge in [-0.05, 0) is 49.1 Å². The van der Waals surface area contributed by atoms with Crippen molar-refractivity contribution in [3.63, 3.8) is 0 Å². The van der Waals surface area contributed by atoms with Crippen LogP contribution >= 0.6 is 0 Å². The van der Waals surface area contributed by atoms with Gasteiger partial charge in [0.2, 0.25) is 0 Å². The molecule has 6 rings (SSSR count). The first-order valence-corrected chi connectivity index (χ1v) is 12.2. The Morgan fingerprint density at radius 1 is 0.657 bits per heavy atom. The van der Waals surface area contributed by atoms with Gasteiger partial charge < -0.3 is 9.47 Å². The molecule has 35 heavy (non-hydrogen) atoms. The van der Waals surface area contributed by atoms with E-state index >= 15 is 0 Å². The van der Waals surface area contributed by atoms with Crippen LogP contribution in [0.1, 0.15) is 45.5 Å². The Bertz CT molecular complexity index is 1180. The summed E-state index contributed by atoms with van der Waals surface area (Å²) in [5.74, 6) is -1.19. The van der Waals surface area contributed by atoms with E-state index in [9.17, 15) is 14.4 Å². The number of ether oxygens (including phenoxy) is 2. The topological polar surface area (TPSA) is 69.7 Å². The number of Topliss-reactive ketones (excluding diaryl/α,β-unsaturated/α-hetero) is 1. The summed E-state index contributed by atoms with van der Waals surface area (Å²) >= 11 is 0. The monoisotopic (exact) mass is 468 g/mol. The Morgan fingerprint density at radius 2 is 1.17 bits per heavy atom. The maximum absolute atomic E-state index is 13.4. The van der Waals surface area contributed by atoms with Crippen LogP contribution in [0.4, 0.5) is 0 Å². The second-order valence-electron chi connectivity index (χ2n) is 9.44. The van der Waals surface area contributed by atoms with Crippen LogP contribution in [0.15, 0.2) is 91.0 Å². The SMILES string of the molecule is O=C(OC1C2CCC(C(C(=O)Cc3ccccc3)C2)C1OC(=O)c1ccccc1)c1ccccc1. The molecular weight excluding hydrogens is 440 g/mol. The Morgan fingerprint density at radius 3 is 1.74 bits per heavy atom. The maximum Gasteiger partial charge on any atom is 0.338 e. The number of carbonyl (C=O) groups excluding carboxylic acids is 3. The molecule has 5 heteroatoms. The number of hydrogen-bond acceptors (Lipinski definition) is 5. The number of ketones is 1. The van der Waals surface area contributed by atoms with Gasteiger partial charge in [0, 0.05) is 24.2 Å². The number of hydrogen-bond donors (Lipinski definition) is 0. The van der Waals surface area contributed by atoms with E-state index in [1.54, 1.807) is 48.5 Å². The standard InChI is InChI=1S/C30H28O5/c31-26(18-20-10-4-1-5-11-20)25-19-23-16-17-24(25)28(35-30(33)22-14-8-3-9-15-22)27(23)34-29(32)21-12-6-2-7-13-21/h1-15,23-25,27-28H,16-19H2. The van der Waals surface area contributed by atoms with Crippen molar-refractivity contribution < 1.29 is 23.9 Å². The first-order chi connectivity index (χ1) is 17.1. The minimum Gasteiger partial charge on any atom is -0.455 e. The number of rotatable bonds is 7. The molecule has 0 spiro atoms. The van der Waals surface area contributed by atoms with Gasteiger partial charge in [0.05, 0.1) is 11.1 Å². The second kappa shape index (κ2) is 10.3. The van der Waals surface area contributed by atoms with E-state index in [4.69, 9.17) is 9.47 Å². The van der Waals surface area contributed by atoms with Gasteiger partial charge in [-0.1, -0.05) is 66.7 Å². The third-order valence-electron chi connectivity index (χ3n) is 7.29. The van der Waals surface area contributed by atoms with Gasteiger partial charge in [0.1, 0.15) is 18.0 Å². The van der Waals surface area contributed by atoms with Gasteiger partial charge in [-0.3, -0.25) is 4.79 Å². The molecule has 3 aliphatic carbocycles. The minimum absolute atomic E-state index is 0.0361. The van der Waals surface area contributed by atoms with Crippen molar-refractivity contribution in [2.24, 2.45) is 17.8 Å². The average molecular weight is 469 g/mol. The molecule has 5 unspecified atom stereocenters. The normalized spacial score (nSPS) is 25.0. The fourth-order valence-corrected chi connectivity index (χ4v) is 5.58. The molecule has 3 aromatic rings. The molecule has 5 nitrogen and oxygen atoms in total. The average Bonchev–Trinajstić information content (AvgIpc) is 2.91. The Hall–Kier alpha value is -3.73. The lowest BCUT2D eigenvalue weighted by molar-refractivity contribution is -0.155. The largest absolute Gasteiger partial charge is 0.455 e. The number of carbonyl (C=O) groups is 3. The highest BCUT2D eigenvalue weighted by Crippen LogP contribution is 2.48. The molecule has 3 aromatic carbocycles. The highest BCUT2D eigenvalue weighted by molar-refractivity contribution is 5.90. The van der Waals surface area contributed by atoms with E-state index in [-0.39, 0.29) is 23.5 Å². The molecule has 0 aliphatic heterocycles. The summed E-state index contributed by atoms with van der Waals surface area (Å²) in [6.07, 6.45) is 1.36. The fraction of sp³-hybridized carbons (Fsp3) is 0.300. The summed E-state index contributed by atoms with van der Waals surface area (Å²) in [5.41, 5.74) is 1.87. The molecule has 3 aliphatic rings. The highest BCUT2D eigenvalue weighted by atomic mass is 16.6. The van der Waals surface area contributed by atoms with E-state index in [0.29, 0.717) is 24.0 Å². The van der Waals surface area contributed by atoms with Gasteiger partial charge in [0.25, 0.3) is 0 Å². The summed E-state index contributed by atoms with van der Waals surface area (Å²) in [6, 6.07) is 27.3. The van der Waals surface area contributed by atoms with Crippen LogP contribution < -0.4 is 0 Å². The molecule has 0 N–H and O–H groups in total. The molecule has 3 fully saturated rings. The van der Waals surface area contributed by atoms with Crippen LogP contribution in [0, 0.1) is 17.8 Å². The molecule has 0 heterocycles. The zero-order valence-corrected chi connectivity index (χ0v) is 19.4. The zero-order valence-electron chi connectivity index (χ0n) is 19.4. The quantitative estimate of drug-likeness (QED) is 0.441. The molecule has 0 aromatic heterocycles. The summed E-state index contributed by atoms with van der Waals surface area (Å²) in [4.78, 5) is 39.3. The predicted octanol–water partition coefficient (Wildman–Crippen LogP) is 5.30. The third kappa shape index (κ3) is 5.04. The predicted molar refractivity (Wildman–Crippen MR) is 131 cm³/mol. The zero-order chi connectivity index (χ0) is 24.2. The van der Waals surface area contributed by atoms with Crippen LogP contribution in [-0.4, -0.2) is 29.9 Å². The molecule has 0 amide bonds. The maximum atomic E-state index is 13.4. The van der Waals surface area contributed by atoms with Gasteiger partial charge in [-0.15, -0.1) is 0 Å². The van der Waals surface area contributed by atoms with Crippen molar-refractivity contribution >= 4 is 17.7 Å². The lowest BCUT2D eigenvalue weighted by Crippen LogP contribution is -2.57. The van der Waals surface area contributed by atoms with Crippen LogP contribution in [0.3, 0.4) is 0 Å². The van der Waals surface area contributed by atoms with Crippen molar-refractivity contribution in [1.29, 1.82) is 0 Å². The first kappa shape index (κ1) is 23.0. The molecule has 3 saturated carbocycles. The number of fused-ring (bicyclic) bond motifs is 3. The smallest absolute Gasteiger partial charge is 0.338 e. The molecule has 178 valence electrons. The van der Waals surface area contributed by atoms with Crippen molar-refractivity contribution in [2.75, 3.05) is 0 Å². The Kier molecular flexibility index (Phi) is 6.75.